The predicted octanol–water partition coefficient (Wildman–Crippen LogP) is 3.23. The molecule has 0 N–H and O–H groups in total. The Kier molecular flexibility index (Phi) is 11.7. The van der Waals surface area contributed by atoms with Crippen LogP contribution in [-0.4, -0.2) is 4.98 Å². The summed E-state index contributed by atoms with van der Waals surface area (Å²) < 4.78 is 0. The van der Waals surface area contributed by atoms with E-state index < -0.39 is 0 Å². The second kappa shape index (κ2) is 9.92. The van der Waals surface area contributed by atoms with E-state index in [4.69, 9.17) is 0 Å². The summed E-state index contributed by atoms with van der Waals surface area (Å²) in [6.07, 6.45) is 5.55. The molecule has 0 aromatic carbocycles. The summed E-state index contributed by atoms with van der Waals surface area (Å²) in [5.41, 5.74) is 1.25. The second-order valence-electron chi connectivity index (χ2n) is 2.95. The molecule has 0 aliphatic heterocycles. The van der Waals surface area contributed by atoms with Crippen LogP contribution in [-0.2, 0) is 21.1 Å². The first kappa shape index (κ1) is 15.3. The topological polar surface area (TPSA) is 12.9 Å². The van der Waals surface area contributed by atoms with Crippen molar-refractivity contribution in [2.45, 2.75) is 33.6 Å². The largest absolute Gasteiger partial charge is 2.00 e. The van der Waals surface area contributed by atoms with Crippen molar-refractivity contribution in [2.24, 2.45) is 0 Å². The number of nitrogens with zero attached hydrogens (tertiary/aromatic N) is 1. The molecule has 1 aromatic rings. The molecule has 0 aliphatic carbocycles. The number of hydrogen-bond acceptors (Lipinski definition) is 1. The quantitative estimate of drug-likeness (QED) is 0.711. The van der Waals surface area contributed by atoms with Crippen LogP contribution in [0.2, 0.25) is 0 Å². The molecule has 1 nitrogen and oxygen atoms in total. The SMILES string of the molecule is CC(C)c1c[c-]cnc1.C[CH-]C.[W+2]. The standard InChI is InChI=1S/C8H10N.C3H7.W/c1-7(2)8-4-3-5-9-6-8;1-3-2;/h4-7H,1-2H3;3H,1-2H3;/q2*-1;+2. The second-order valence-corrected chi connectivity index (χ2v) is 2.95. The van der Waals surface area contributed by atoms with Gasteiger partial charge in [0.1, 0.15) is 0 Å². The Balaban J connectivity index is 0. The molecule has 0 saturated heterocycles. The van der Waals surface area contributed by atoms with Gasteiger partial charge in [-0.25, -0.2) is 12.1 Å². The van der Waals surface area contributed by atoms with Gasteiger partial charge in [-0.15, -0.1) is 0 Å². The molecule has 1 aromatic heterocycles. The van der Waals surface area contributed by atoms with Gasteiger partial charge in [0.15, 0.2) is 0 Å². The van der Waals surface area contributed by atoms with Crippen LogP contribution in [0.5, 0.6) is 0 Å². The molecule has 0 spiro atoms. The van der Waals surface area contributed by atoms with E-state index in [-0.39, 0.29) is 21.1 Å². The number of pyridine rings is 1. The van der Waals surface area contributed by atoms with Crippen molar-refractivity contribution < 1.29 is 21.1 Å². The average molecular weight is 347 g/mol. The number of aromatic nitrogens is 1. The maximum absolute atomic E-state index is 3.95. The average Bonchev–Trinajstić information content (AvgIpc) is 2.07. The van der Waals surface area contributed by atoms with Crippen LogP contribution in [0.15, 0.2) is 18.5 Å². The van der Waals surface area contributed by atoms with E-state index >= 15 is 0 Å². The molecule has 2 heteroatoms. The summed E-state index contributed by atoms with van der Waals surface area (Å²) in [5, 5.41) is 0. The molecule has 0 aliphatic rings. The Morgan fingerprint density at radius 3 is 2.15 bits per heavy atom. The van der Waals surface area contributed by atoms with Gasteiger partial charge in [0.25, 0.3) is 0 Å². The van der Waals surface area contributed by atoms with Crippen LogP contribution in [0.25, 0.3) is 0 Å². The van der Waals surface area contributed by atoms with Crippen molar-refractivity contribution in [2.75, 3.05) is 0 Å². The first-order chi connectivity index (χ1) is 5.72. The van der Waals surface area contributed by atoms with E-state index in [9.17, 15) is 0 Å². The molecule has 0 radical (unpaired) electrons. The molecule has 1 rings (SSSR count). The summed E-state index contributed by atoms with van der Waals surface area (Å²) in [7, 11) is 0. The minimum Gasteiger partial charge on any atom is -0.335 e. The first-order valence-electron chi connectivity index (χ1n) is 4.27. The van der Waals surface area contributed by atoms with Gasteiger partial charge < -0.3 is 11.4 Å². The van der Waals surface area contributed by atoms with E-state index in [1.807, 2.05) is 32.5 Å². The summed E-state index contributed by atoms with van der Waals surface area (Å²) in [6.45, 7) is 8.29. The van der Waals surface area contributed by atoms with Gasteiger partial charge in [-0.05, 0) is 0 Å². The maximum atomic E-state index is 3.95. The predicted molar refractivity (Wildman–Crippen MR) is 52.8 cm³/mol. The van der Waals surface area contributed by atoms with Crippen molar-refractivity contribution in [1.29, 1.82) is 0 Å². The van der Waals surface area contributed by atoms with Gasteiger partial charge in [-0.2, -0.15) is 19.4 Å². The van der Waals surface area contributed by atoms with Gasteiger partial charge in [-0.1, -0.05) is 32.2 Å². The third-order valence-corrected chi connectivity index (χ3v) is 1.29. The van der Waals surface area contributed by atoms with Gasteiger partial charge in [0.2, 0.25) is 0 Å². The zero-order chi connectivity index (χ0) is 9.40. The Morgan fingerprint density at radius 1 is 1.38 bits per heavy atom. The molecule has 0 atom stereocenters. The molecule has 0 bridgehead atoms. The zero-order valence-electron chi connectivity index (χ0n) is 8.74. The number of rotatable bonds is 1. The molecule has 0 fully saturated rings. The van der Waals surface area contributed by atoms with Crippen molar-refractivity contribution in [3.63, 3.8) is 0 Å². The monoisotopic (exact) mass is 347 g/mol. The normalized spacial score (nSPS) is 8.38. The molecule has 13 heavy (non-hydrogen) atoms. The summed E-state index contributed by atoms with van der Waals surface area (Å²) in [4.78, 5) is 3.95. The van der Waals surface area contributed by atoms with Gasteiger partial charge in [0.05, 0.1) is 0 Å². The fourth-order valence-electron chi connectivity index (χ4n) is 0.653. The van der Waals surface area contributed by atoms with Gasteiger partial charge >= 0.3 is 21.1 Å². The van der Waals surface area contributed by atoms with E-state index in [0.717, 1.165) is 0 Å². The van der Waals surface area contributed by atoms with Crippen molar-refractivity contribution in [3.05, 3.63) is 36.5 Å². The van der Waals surface area contributed by atoms with Crippen LogP contribution in [0, 0.1) is 12.5 Å². The number of hydrogen-bond donors (Lipinski definition) is 0. The van der Waals surface area contributed by atoms with Crippen LogP contribution < -0.4 is 0 Å². The van der Waals surface area contributed by atoms with E-state index in [0.29, 0.717) is 5.92 Å². The Hall–Kier alpha value is -0.162. The van der Waals surface area contributed by atoms with Crippen LogP contribution in [0.3, 0.4) is 0 Å². The fraction of sp³-hybridized carbons (Fsp3) is 0.455. The summed E-state index contributed by atoms with van der Waals surface area (Å²) in [5.74, 6) is 0.565. The molecule has 0 saturated carbocycles. The zero-order valence-corrected chi connectivity index (χ0v) is 11.7. The van der Waals surface area contributed by atoms with Crippen LogP contribution in [0.1, 0.15) is 39.2 Å². The van der Waals surface area contributed by atoms with Crippen molar-refractivity contribution >= 4 is 0 Å². The minimum atomic E-state index is 0. The minimum absolute atomic E-state index is 0. The first-order valence-corrected chi connectivity index (χ1v) is 4.27. The van der Waals surface area contributed by atoms with Crippen LogP contribution >= 0.6 is 0 Å². The summed E-state index contributed by atoms with van der Waals surface area (Å²) >= 11 is 0. The maximum Gasteiger partial charge on any atom is 2.00 e. The van der Waals surface area contributed by atoms with Crippen molar-refractivity contribution in [3.8, 4) is 0 Å². The van der Waals surface area contributed by atoms with Gasteiger partial charge in [0, 0.05) is 0 Å². The Labute approximate surface area is 96.2 Å². The fourth-order valence-corrected chi connectivity index (χ4v) is 0.653. The third-order valence-electron chi connectivity index (χ3n) is 1.29. The van der Waals surface area contributed by atoms with Crippen LogP contribution in [0.4, 0.5) is 0 Å². The van der Waals surface area contributed by atoms with E-state index in [1.165, 1.54) is 5.56 Å². The molecule has 1 heterocycles. The van der Waals surface area contributed by atoms with E-state index in [1.54, 1.807) is 6.20 Å². The molecular weight excluding hydrogens is 330 g/mol. The Bertz CT molecular complexity index is 185. The molecular formula is C11H17NW. The molecule has 0 amide bonds. The third kappa shape index (κ3) is 8.18. The van der Waals surface area contributed by atoms with Crippen molar-refractivity contribution in [1.82, 2.24) is 4.98 Å². The van der Waals surface area contributed by atoms with E-state index in [2.05, 4.69) is 24.9 Å². The summed E-state index contributed by atoms with van der Waals surface area (Å²) in [6, 6.07) is 4.90. The smallest absolute Gasteiger partial charge is 0.335 e. The molecule has 0 unspecified atom stereocenters. The Morgan fingerprint density at radius 2 is 1.92 bits per heavy atom. The van der Waals surface area contributed by atoms with Gasteiger partial charge in [-0.3, -0.25) is 0 Å². The molecule has 72 valence electrons.